The molecule has 0 aliphatic carbocycles. The molecular formula is C15H22N2O4. The number of carbonyl (C=O) groups is 1. The third kappa shape index (κ3) is 4.61. The molecule has 6 nitrogen and oxygen atoms in total. The summed E-state index contributed by atoms with van der Waals surface area (Å²) in [5.41, 5.74) is 0.437. The first kappa shape index (κ1) is 15.6. The second-order valence-electron chi connectivity index (χ2n) is 4.83. The van der Waals surface area contributed by atoms with E-state index in [1.807, 2.05) is 0 Å². The summed E-state index contributed by atoms with van der Waals surface area (Å²) in [5, 5.41) is 3.29. The molecule has 116 valence electrons. The average molecular weight is 294 g/mol. The molecule has 0 aromatic heterocycles. The number of rotatable bonds is 6. The highest BCUT2D eigenvalue weighted by atomic mass is 16.5. The molecule has 1 aliphatic rings. The molecule has 1 aliphatic heterocycles. The van der Waals surface area contributed by atoms with Gasteiger partial charge in [-0.25, -0.2) is 4.79 Å². The van der Waals surface area contributed by atoms with Crippen LogP contribution in [0.1, 0.15) is 10.4 Å². The number of benzene rings is 1. The predicted octanol–water partition coefficient (Wildman–Crippen LogP) is 0.766. The lowest BCUT2D eigenvalue weighted by Crippen LogP contribution is -2.44. The summed E-state index contributed by atoms with van der Waals surface area (Å²) in [5.74, 6) is 0.786. The van der Waals surface area contributed by atoms with Crippen LogP contribution in [0.4, 0.5) is 0 Å². The highest BCUT2D eigenvalue weighted by Crippen LogP contribution is 2.22. The Morgan fingerprint density at radius 1 is 1.14 bits per heavy atom. The minimum atomic E-state index is -0.359. The van der Waals surface area contributed by atoms with Crippen LogP contribution in [0, 0.1) is 0 Å². The van der Waals surface area contributed by atoms with Gasteiger partial charge in [0.25, 0.3) is 0 Å². The Hall–Kier alpha value is -1.79. The van der Waals surface area contributed by atoms with Crippen molar-refractivity contribution in [1.29, 1.82) is 0 Å². The number of ether oxygens (including phenoxy) is 3. The summed E-state index contributed by atoms with van der Waals surface area (Å²) in [4.78, 5) is 14.3. The summed E-state index contributed by atoms with van der Waals surface area (Å²) in [6.07, 6.45) is 0. The van der Waals surface area contributed by atoms with E-state index in [-0.39, 0.29) is 5.97 Å². The summed E-state index contributed by atoms with van der Waals surface area (Å²) in [6, 6.07) is 5.02. The van der Waals surface area contributed by atoms with Crippen molar-refractivity contribution in [2.24, 2.45) is 0 Å². The van der Waals surface area contributed by atoms with Crippen LogP contribution in [0.3, 0.4) is 0 Å². The van der Waals surface area contributed by atoms with Crippen LogP contribution >= 0.6 is 0 Å². The third-order valence-corrected chi connectivity index (χ3v) is 3.44. The average Bonchev–Trinajstić information content (AvgIpc) is 2.55. The van der Waals surface area contributed by atoms with Crippen molar-refractivity contribution in [1.82, 2.24) is 10.2 Å². The zero-order valence-electron chi connectivity index (χ0n) is 12.6. The number of carbonyl (C=O) groups excluding carboxylic acids is 1. The van der Waals surface area contributed by atoms with Crippen molar-refractivity contribution in [3.8, 4) is 11.5 Å². The van der Waals surface area contributed by atoms with Crippen LogP contribution in [0.2, 0.25) is 0 Å². The summed E-state index contributed by atoms with van der Waals surface area (Å²) in [7, 11) is 3.10. The Morgan fingerprint density at radius 3 is 2.33 bits per heavy atom. The van der Waals surface area contributed by atoms with E-state index in [1.165, 1.54) is 0 Å². The molecule has 6 heteroatoms. The molecule has 0 bridgehead atoms. The molecule has 1 saturated heterocycles. The van der Waals surface area contributed by atoms with Crippen molar-refractivity contribution >= 4 is 5.97 Å². The van der Waals surface area contributed by atoms with Crippen LogP contribution in [-0.2, 0) is 4.74 Å². The maximum Gasteiger partial charge on any atom is 0.338 e. The van der Waals surface area contributed by atoms with E-state index in [1.54, 1.807) is 32.4 Å². The molecule has 2 rings (SSSR count). The van der Waals surface area contributed by atoms with E-state index in [4.69, 9.17) is 14.2 Å². The highest BCUT2D eigenvalue weighted by molar-refractivity contribution is 5.90. The highest BCUT2D eigenvalue weighted by Gasteiger charge is 2.13. The Kier molecular flexibility index (Phi) is 5.83. The normalized spacial score (nSPS) is 15.5. The summed E-state index contributed by atoms with van der Waals surface area (Å²) >= 11 is 0. The van der Waals surface area contributed by atoms with Gasteiger partial charge in [-0.3, -0.25) is 4.90 Å². The molecule has 1 heterocycles. The molecule has 0 spiro atoms. The van der Waals surface area contributed by atoms with Gasteiger partial charge in [0, 0.05) is 38.8 Å². The van der Waals surface area contributed by atoms with E-state index < -0.39 is 0 Å². The van der Waals surface area contributed by atoms with E-state index in [2.05, 4.69) is 10.2 Å². The number of hydrogen-bond donors (Lipinski definition) is 1. The molecule has 0 amide bonds. The van der Waals surface area contributed by atoms with E-state index in [0.717, 1.165) is 32.7 Å². The Bertz CT molecular complexity index is 450. The molecule has 0 atom stereocenters. The topological polar surface area (TPSA) is 60.0 Å². The lowest BCUT2D eigenvalue weighted by atomic mass is 10.2. The van der Waals surface area contributed by atoms with Crippen molar-refractivity contribution in [3.63, 3.8) is 0 Å². The molecule has 0 unspecified atom stereocenters. The standard InChI is InChI=1S/C15H22N2O4/c1-19-13-9-12(10-14(11-13)20-2)15(18)21-8-7-17-5-3-16-4-6-17/h9-11,16H,3-8H2,1-2H3. The van der Waals surface area contributed by atoms with Gasteiger partial charge in [-0.1, -0.05) is 0 Å². The first-order chi connectivity index (χ1) is 10.2. The number of nitrogens with one attached hydrogen (secondary N) is 1. The molecule has 0 saturated carbocycles. The minimum Gasteiger partial charge on any atom is -0.497 e. The SMILES string of the molecule is COc1cc(OC)cc(C(=O)OCCN2CCNCC2)c1. The Labute approximate surface area is 125 Å². The number of piperazine rings is 1. The van der Waals surface area contributed by atoms with Crippen molar-refractivity contribution in [2.75, 3.05) is 53.6 Å². The monoisotopic (exact) mass is 294 g/mol. The second kappa shape index (κ2) is 7.85. The first-order valence-electron chi connectivity index (χ1n) is 7.06. The van der Waals surface area contributed by atoms with Gasteiger partial charge in [0.05, 0.1) is 19.8 Å². The van der Waals surface area contributed by atoms with Crippen LogP contribution in [0.15, 0.2) is 18.2 Å². The Balaban J connectivity index is 1.87. The van der Waals surface area contributed by atoms with Crippen LogP contribution < -0.4 is 14.8 Å². The molecule has 1 N–H and O–H groups in total. The van der Waals surface area contributed by atoms with Crippen LogP contribution in [-0.4, -0.2) is 64.4 Å². The molecule has 1 aromatic carbocycles. The third-order valence-electron chi connectivity index (χ3n) is 3.44. The first-order valence-corrected chi connectivity index (χ1v) is 7.06. The Morgan fingerprint density at radius 2 is 1.76 bits per heavy atom. The second-order valence-corrected chi connectivity index (χ2v) is 4.83. The van der Waals surface area contributed by atoms with Gasteiger partial charge in [-0.15, -0.1) is 0 Å². The fraction of sp³-hybridized carbons (Fsp3) is 0.533. The van der Waals surface area contributed by atoms with Gasteiger partial charge in [0.1, 0.15) is 18.1 Å². The van der Waals surface area contributed by atoms with Gasteiger partial charge in [0.2, 0.25) is 0 Å². The number of methoxy groups -OCH3 is 2. The zero-order chi connectivity index (χ0) is 15.1. The fourth-order valence-electron chi connectivity index (χ4n) is 2.21. The largest absolute Gasteiger partial charge is 0.497 e. The smallest absolute Gasteiger partial charge is 0.338 e. The van der Waals surface area contributed by atoms with Gasteiger partial charge in [-0.05, 0) is 12.1 Å². The van der Waals surface area contributed by atoms with Crippen LogP contribution in [0.5, 0.6) is 11.5 Å². The van der Waals surface area contributed by atoms with E-state index in [0.29, 0.717) is 23.7 Å². The summed E-state index contributed by atoms with van der Waals surface area (Å²) in [6.45, 7) is 5.10. The maximum atomic E-state index is 12.1. The van der Waals surface area contributed by atoms with Gasteiger partial charge >= 0.3 is 5.97 Å². The van der Waals surface area contributed by atoms with Crippen molar-refractivity contribution in [2.45, 2.75) is 0 Å². The molecule has 1 aromatic rings. The number of esters is 1. The van der Waals surface area contributed by atoms with Crippen molar-refractivity contribution in [3.05, 3.63) is 23.8 Å². The van der Waals surface area contributed by atoms with E-state index in [9.17, 15) is 4.79 Å². The number of hydrogen-bond acceptors (Lipinski definition) is 6. The molecule has 1 fully saturated rings. The number of nitrogens with zero attached hydrogens (tertiary/aromatic N) is 1. The zero-order valence-corrected chi connectivity index (χ0v) is 12.6. The van der Waals surface area contributed by atoms with Gasteiger partial charge in [0.15, 0.2) is 0 Å². The predicted molar refractivity (Wildman–Crippen MR) is 79.1 cm³/mol. The molecule has 21 heavy (non-hydrogen) atoms. The quantitative estimate of drug-likeness (QED) is 0.782. The molecular weight excluding hydrogens is 272 g/mol. The van der Waals surface area contributed by atoms with Gasteiger partial charge < -0.3 is 19.5 Å². The van der Waals surface area contributed by atoms with Gasteiger partial charge in [-0.2, -0.15) is 0 Å². The van der Waals surface area contributed by atoms with E-state index >= 15 is 0 Å². The minimum absolute atomic E-state index is 0.359. The lowest BCUT2D eigenvalue weighted by Gasteiger charge is -2.26. The van der Waals surface area contributed by atoms with Crippen molar-refractivity contribution < 1.29 is 19.0 Å². The molecule has 0 radical (unpaired) electrons. The lowest BCUT2D eigenvalue weighted by molar-refractivity contribution is 0.0455. The summed E-state index contributed by atoms with van der Waals surface area (Å²) < 4.78 is 15.6. The fourth-order valence-corrected chi connectivity index (χ4v) is 2.21. The maximum absolute atomic E-state index is 12.1. The van der Waals surface area contributed by atoms with Crippen LogP contribution in [0.25, 0.3) is 0 Å².